The number of rotatable bonds is 9. The molecule has 0 aromatic heterocycles. The van der Waals surface area contributed by atoms with Crippen LogP contribution in [-0.4, -0.2) is 33.3 Å². The molecule has 0 aliphatic heterocycles. The van der Waals surface area contributed by atoms with Crippen molar-refractivity contribution in [3.05, 3.63) is 59.6 Å². The fourth-order valence-corrected chi connectivity index (χ4v) is 3.44. The van der Waals surface area contributed by atoms with Gasteiger partial charge in [-0.25, -0.2) is 13.9 Å². The van der Waals surface area contributed by atoms with Crippen LogP contribution >= 0.6 is 11.6 Å². The molecule has 1 N–H and O–H groups in total. The Labute approximate surface area is 151 Å². The maximum atomic E-state index is 12.1. The first kappa shape index (κ1) is 19.2. The molecule has 0 saturated heterocycles. The SMILES string of the molecule is O=C(CCS(=O)(=O)c1cccc(Cl)c1)NOCCOc1ccccc1. The predicted octanol–water partition coefficient (Wildman–Crippen LogP) is 2.63. The van der Waals surface area contributed by atoms with Crippen molar-refractivity contribution in [2.75, 3.05) is 19.0 Å². The Bertz CT molecular complexity index is 796. The first-order valence-electron chi connectivity index (χ1n) is 7.54. The molecule has 0 atom stereocenters. The Hall–Kier alpha value is -2.09. The molecule has 0 aliphatic carbocycles. The average molecular weight is 384 g/mol. The van der Waals surface area contributed by atoms with E-state index in [0.29, 0.717) is 10.8 Å². The van der Waals surface area contributed by atoms with Crippen LogP contribution < -0.4 is 10.2 Å². The van der Waals surface area contributed by atoms with Crippen molar-refractivity contribution in [3.63, 3.8) is 0 Å². The zero-order chi connectivity index (χ0) is 18.1. The number of carbonyl (C=O) groups is 1. The number of sulfone groups is 1. The molecule has 0 fully saturated rings. The Kier molecular flexibility index (Phi) is 7.24. The average Bonchev–Trinajstić information content (AvgIpc) is 2.61. The quantitative estimate of drug-likeness (QED) is 0.531. The van der Waals surface area contributed by atoms with Gasteiger partial charge in [0, 0.05) is 11.4 Å². The number of hydroxylamine groups is 1. The molecular formula is C17H18ClNO5S. The fraction of sp³-hybridized carbons (Fsp3) is 0.235. The summed E-state index contributed by atoms with van der Waals surface area (Å²) in [6.45, 7) is 0.396. The van der Waals surface area contributed by atoms with Gasteiger partial charge in [-0.15, -0.1) is 0 Å². The lowest BCUT2D eigenvalue weighted by atomic mass is 10.3. The van der Waals surface area contributed by atoms with E-state index in [1.54, 1.807) is 24.3 Å². The number of carbonyl (C=O) groups excluding carboxylic acids is 1. The molecule has 6 nitrogen and oxygen atoms in total. The molecule has 0 aliphatic rings. The van der Waals surface area contributed by atoms with Gasteiger partial charge in [0.05, 0.1) is 10.6 Å². The summed E-state index contributed by atoms with van der Waals surface area (Å²) in [6, 6.07) is 15.1. The van der Waals surface area contributed by atoms with Crippen molar-refractivity contribution in [1.29, 1.82) is 0 Å². The van der Waals surface area contributed by atoms with Crippen molar-refractivity contribution in [2.45, 2.75) is 11.3 Å². The van der Waals surface area contributed by atoms with Crippen LogP contribution in [0.3, 0.4) is 0 Å². The van der Waals surface area contributed by atoms with Gasteiger partial charge in [-0.2, -0.15) is 0 Å². The molecule has 2 aromatic carbocycles. The Balaban J connectivity index is 1.67. The number of para-hydroxylation sites is 1. The van der Waals surface area contributed by atoms with Crippen LogP contribution in [0, 0.1) is 0 Å². The predicted molar refractivity (Wildman–Crippen MR) is 94.2 cm³/mol. The van der Waals surface area contributed by atoms with E-state index in [1.165, 1.54) is 12.1 Å². The van der Waals surface area contributed by atoms with Crippen molar-refractivity contribution in [2.24, 2.45) is 0 Å². The van der Waals surface area contributed by atoms with Crippen LogP contribution in [0.4, 0.5) is 0 Å². The van der Waals surface area contributed by atoms with Crippen LogP contribution in [0.5, 0.6) is 5.75 Å². The lowest BCUT2D eigenvalue weighted by Crippen LogP contribution is -2.27. The van der Waals surface area contributed by atoms with E-state index < -0.39 is 15.7 Å². The van der Waals surface area contributed by atoms with Crippen LogP contribution in [0.15, 0.2) is 59.5 Å². The van der Waals surface area contributed by atoms with Crippen LogP contribution in [0.1, 0.15) is 6.42 Å². The number of ether oxygens (including phenoxy) is 1. The summed E-state index contributed by atoms with van der Waals surface area (Å²) in [6.07, 6.45) is -0.214. The second-order valence-electron chi connectivity index (χ2n) is 5.06. The van der Waals surface area contributed by atoms with Crippen LogP contribution in [0.2, 0.25) is 5.02 Å². The third kappa shape index (κ3) is 6.74. The second-order valence-corrected chi connectivity index (χ2v) is 7.61. The Morgan fingerprint density at radius 1 is 1.04 bits per heavy atom. The molecular weight excluding hydrogens is 366 g/mol. The van der Waals surface area contributed by atoms with Gasteiger partial charge >= 0.3 is 0 Å². The van der Waals surface area contributed by atoms with Crippen molar-refractivity contribution < 1.29 is 22.8 Å². The number of halogens is 1. The molecule has 25 heavy (non-hydrogen) atoms. The largest absolute Gasteiger partial charge is 0.491 e. The lowest BCUT2D eigenvalue weighted by molar-refractivity contribution is -0.133. The summed E-state index contributed by atoms with van der Waals surface area (Å²) in [5.74, 6) is -0.154. The molecule has 2 rings (SSSR count). The summed E-state index contributed by atoms with van der Waals surface area (Å²) in [5.41, 5.74) is 2.19. The van der Waals surface area contributed by atoms with E-state index >= 15 is 0 Å². The number of amides is 1. The number of nitrogens with one attached hydrogen (secondary N) is 1. The van der Waals surface area contributed by atoms with Crippen molar-refractivity contribution in [1.82, 2.24) is 5.48 Å². The van der Waals surface area contributed by atoms with Gasteiger partial charge in [-0.1, -0.05) is 35.9 Å². The summed E-state index contributed by atoms with van der Waals surface area (Å²) in [4.78, 5) is 16.7. The van der Waals surface area contributed by atoms with E-state index in [9.17, 15) is 13.2 Å². The normalized spacial score (nSPS) is 11.1. The summed E-state index contributed by atoms with van der Waals surface area (Å²) in [7, 11) is -3.57. The van der Waals surface area contributed by atoms with Gasteiger partial charge in [-0.05, 0) is 30.3 Å². The summed E-state index contributed by atoms with van der Waals surface area (Å²) >= 11 is 5.78. The van der Waals surface area contributed by atoms with E-state index in [4.69, 9.17) is 21.2 Å². The van der Waals surface area contributed by atoms with Crippen LogP contribution in [0.25, 0.3) is 0 Å². The van der Waals surface area contributed by atoms with Gasteiger partial charge in [0.25, 0.3) is 0 Å². The fourth-order valence-electron chi connectivity index (χ4n) is 1.91. The highest BCUT2D eigenvalue weighted by Gasteiger charge is 2.16. The molecule has 134 valence electrons. The maximum absolute atomic E-state index is 12.1. The molecule has 1 amide bonds. The topological polar surface area (TPSA) is 81.7 Å². The van der Waals surface area contributed by atoms with Gasteiger partial charge in [0.1, 0.15) is 19.0 Å². The highest BCUT2D eigenvalue weighted by atomic mass is 35.5. The second kappa shape index (κ2) is 9.41. The highest BCUT2D eigenvalue weighted by molar-refractivity contribution is 7.91. The zero-order valence-corrected chi connectivity index (χ0v) is 14.9. The Morgan fingerprint density at radius 3 is 2.52 bits per heavy atom. The van der Waals surface area contributed by atoms with Crippen molar-refractivity contribution in [3.8, 4) is 5.75 Å². The molecule has 0 spiro atoms. The third-order valence-electron chi connectivity index (χ3n) is 3.14. The van der Waals surface area contributed by atoms with Gasteiger partial charge in [-0.3, -0.25) is 9.63 Å². The third-order valence-corrected chi connectivity index (χ3v) is 5.09. The number of hydrogen-bond acceptors (Lipinski definition) is 5. The van der Waals surface area contributed by atoms with Gasteiger partial charge < -0.3 is 4.74 Å². The molecule has 0 bridgehead atoms. The van der Waals surface area contributed by atoms with Crippen molar-refractivity contribution >= 4 is 27.3 Å². The van der Waals surface area contributed by atoms with E-state index in [0.717, 1.165) is 0 Å². The molecule has 0 radical (unpaired) electrons. The maximum Gasteiger partial charge on any atom is 0.244 e. The summed E-state index contributed by atoms with van der Waals surface area (Å²) in [5, 5.41) is 0.326. The lowest BCUT2D eigenvalue weighted by Gasteiger charge is -2.08. The molecule has 0 saturated carbocycles. The summed E-state index contributed by atoms with van der Waals surface area (Å²) < 4.78 is 29.6. The number of benzene rings is 2. The smallest absolute Gasteiger partial charge is 0.244 e. The molecule has 0 heterocycles. The van der Waals surface area contributed by atoms with E-state index in [-0.39, 0.29) is 30.3 Å². The molecule has 2 aromatic rings. The first-order valence-corrected chi connectivity index (χ1v) is 9.57. The number of hydrogen-bond donors (Lipinski definition) is 1. The Morgan fingerprint density at radius 2 is 1.80 bits per heavy atom. The monoisotopic (exact) mass is 383 g/mol. The minimum atomic E-state index is -3.57. The zero-order valence-electron chi connectivity index (χ0n) is 13.4. The minimum absolute atomic E-state index is 0.0879. The first-order chi connectivity index (χ1) is 12.0. The van der Waals surface area contributed by atoms with Gasteiger partial charge in [0.2, 0.25) is 5.91 Å². The van der Waals surface area contributed by atoms with Gasteiger partial charge in [0.15, 0.2) is 9.84 Å². The molecule has 8 heteroatoms. The molecule has 0 unspecified atom stereocenters. The standard InChI is InChI=1S/C17H18ClNO5S/c18-14-5-4-8-16(13-14)25(21,22)12-9-17(20)19-24-11-10-23-15-6-2-1-3-7-15/h1-8,13H,9-12H2,(H,19,20). The van der Waals surface area contributed by atoms with E-state index in [1.807, 2.05) is 18.2 Å². The van der Waals surface area contributed by atoms with Crippen LogP contribution in [-0.2, 0) is 19.5 Å². The highest BCUT2D eigenvalue weighted by Crippen LogP contribution is 2.17. The van der Waals surface area contributed by atoms with E-state index in [2.05, 4.69) is 5.48 Å². The minimum Gasteiger partial charge on any atom is -0.491 e.